The van der Waals surface area contributed by atoms with Crippen molar-refractivity contribution >= 4 is 22.4 Å². The third-order valence-electron chi connectivity index (χ3n) is 6.45. The van der Waals surface area contributed by atoms with Gasteiger partial charge in [-0.15, -0.1) is 0 Å². The van der Waals surface area contributed by atoms with Gasteiger partial charge in [-0.1, -0.05) is 6.07 Å². The van der Waals surface area contributed by atoms with E-state index in [1.165, 1.54) is 18.3 Å². The summed E-state index contributed by atoms with van der Waals surface area (Å²) in [5.74, 6) is 0.597. The molecule has 3 N–H and O–H groups in total. The van der Waals surface area contributed by atoms with Gasteiger partial charge in [0.05, 0.1) is 24.0 Å². The summed E-state index contributed by atoms with van der Waals surface area (Å²) in [5.41, 5.74) is -1.89. The first kappa shape index (κ1) is 20.6. The van der Waals surface area contributed by atoms with E-state index in [1.54, 1.807) is 16.8 Å². The van der Waals surface area contributed by atoms with Crippen LogP contribution >= 0.6 is 0 Å². The first-order valence-corrected chi connectivity index (χ1v) is 10.4. The lowest BCUT2D eigenvalue weighted by Gasteiger charge is -2.26. The number of nitrogens with one attached hydrogen (secondary N) is 2. The second kappa shape index (κ2) is 7.10. The molecule has 0 unspecified atom stereocenters. The summed E-state index contributed by atoms with van der Waals surface area (Å²) in [6.45, 7) is 0. The monoisotopic (exact) mass is 443 g/mol. The standard InChI is InChI=1S/C22H20F3N5O2/c23-22(24,25)21(32)8-5-13-11-14(3-4-15(13)21)28-19-18-17(7-10-27-20(18)31)30(29-19)16(6-9-26)12-1-2-12/h3-4,7,10-12,16,32H,1-2,5-6,8H2,(H,27,31)(H,28,29)/t16-,21-/m0/s1. The van der Waals surface area contributed by atoms with Crippen LogP contribution in [0.25, 0.3) is 10.9 Å². The van der Waals surface area contributed by atoms with E-state index < -0.39 is 18.2 Å². The Hall–Kier alpha value is -3.32. The summed E-state index contributed by atoms with van der Waals surface area (Å²) >= 11 is 0. The zero-order valence-electron chi connectivity index (χ0n) is 16.9. The Morgan fingerprint density at radius 3 is 2.84 bits per heavy atom. The van der Waals surface area contributed by atoms with Gasteiger partial charge in [-0.3, -0.25) is 9.48 Å². The van der Waals surface area contributed by atoms with Gasteiger partial charge in [0.1, 0.15) is 5.39 Å². The molecule has 1 aromatic carbocycles. The molecule has 10 heteroatoms. The van der Waals surface area contributed by atoms with Crippen LogP contribution in [0.1, 0.15) is 42.9 Å². The van der Waals surface area contributed by atoms with Gasteiger partial charge in [0, 0.05) is 11.9 Å². The van der Waals surface area contributed by atoms with Gasteiger partial charge < -0.3 is 15.4 Å². The molecule has 0 aliphatic heterocycles. The van der Waals surface area contributed by atoms with Crippen LogP contribution in [0, 0.1) is 17.2 Å². The Labute approximate surface area is 180 Å². The highest BCUT2D eigenvalue weighted by Crippen LogP contribution is 2.48. The van der Waals surface area contributed by atoms with Crippen molar-refractivity contribution in [1.82, 2.24) is 14.8 Å². The van der Waals surface area contributed by atoms with Crippen LogP contribution in [0.3, 0.4) is 0 Å². The number of fused-ring (bicyclic) bond motifs is 2. The van der Waals surface area contributed by atoms with Crippen molar-refractivity contribution in [2.75, 3.05) is 5.32 Å². The number of alkyl halides is 3. The number of nitrogens with zero attached hydrogens (tertiary/aromatic N) is 3. The summed E-state index contributed by atoms with van der Waals surface area (Å²) in [4.78, 5) is 15.2. The molecular weight excluding hydrogens is 423 g/mol. The summed E-state index contributed by atoms with van der Waals surface area (Å²) in [6, 6.07) is 8.03. The van der Waals surface area contributed by atoms with Crippen LogP contribution in [-0.4, -0.2) is 26.0 Å². The van der Waals surface area contributed by atoms with Crippen molar-refractivity contribution < 1.29 is 18.3 Å². The molecule has 1 fully saturated rings. The lowest BCUT2D eigenvalue weighted by atomic mass is 9.95. The van der Waals surface area contributed by atoms with Crippen LogP contribution in [0.2, 0.25) is 0 Å². The minimum atomic E-state index is -4.76. The zero-order valence-corrected chi connectivity index (χ0v) is 16.9. The lowest BCUT2D eigenvalue weighted by molar-refractivity contribution is -0.265. The van der Waals surface area contributed by atoms with Crippen LogP contribution in [0.15, 0.2) is 35.3 Å². The minimum absolute atomic E-state index is 0.0859. The first-order valence-electron chi connectivity index (χ1n) is 10.4. The largest absolute Gasteiger partial charge is 0.421 e. The van der Waals surface area contributed by atoms with Crippen molar-refractivity contribution in [3.8, 4) is 6.07 Å². The van der Waals surface area contributed by atoms with E-state index in [-0.39, 0.29) is 35.8 Å². The molecule has 0 radical (unpaired) electrons. The average Bonchev–Trinajstić information content (AvgIpc) is 3.44. The maximum absolute atomic E-state index is 13.4. The number of aromatic nitrogens is 3. The number of benzene rings is 1. The molecule has 0 amide bonds. The van der Waals surface area contributed by atoms with Gasteiger partial charge in [0.2, 0.25) is 0 Å². The third kappa shape index (κ3) is 3.15. The molecule has 2 aromatic heterocycles. The number of aliphatic hydroxyl groups is 1. The quantitative estimate of drug-likeness (QED) is 0.552. The molecule has 2 heterocycles. The number of halogens is 3. The zero-order chi connectivity index (χ0) is 22.7. The number of hydrogen-bond acceptors (Lipinski definition) is 5. The highest BCUT2D eigenvalue weighted by atomic mass is 19.4. The highest BCUT2D eigenvalue weighted by molar-refractivity contribution is 5.91. The van der Waals surface area contributed by atoms with Crippen LogP contribution < -0.4 is 10.9 Å². The van der Waals surface area contributed by atoms with Crippen molar-refractivity contribution in [3.63, 3.8) is 0 Å². The molecule has 7 nitrogen and oxygen atoms in total. The van der Waals surface area contributed by atoms with E-state index in [9.17, 15) is 28.3 Å². The van der Waals surface area contributed by atoms with Gasteiger partial charge in [-0.05, 0) is 60.9 Å². The average molecular weight is 443 g/mol. The number of hydrogen-bond donors (Lipinski definition) is 3. The van der Waals surface area contributed by atoms with Gasteiger partial charge in [0.25, 0.3) is 5.56 Å². The number of anilines is 2. The fourth-order valence-electron chi connectivity index (χ4n) is 4.63. The number of H-pyrrole nitrogens is 1. The van der Waals surface area contributed by atoms with E-state index in [0.717, 1.165) is 12.8 Å². The van der Waals surface area contributed by atoms with E-state index in [0.29, 0.717) is 28.1 Å². The van der Waals surface area contributed by atoms with Crippen molar-refractivity contribution in [3.05, 3.63) is 51.9 Å². The molecule has 3 aromatic rings. The summed E-state index contributed by atoms with van der Waals surface area (Å²) in [6.07, 6.45) is -1.32. The van der Waals surface area contributed by atoms with Crippen molar-refractivity contribution in [1.29, 1.82) is 5.26 Å². The van der Waals surface area contributed by atoms with E-state index >= 15 is 0 Å². The highest BCUT2D eigenvalue weighted by Gasteiger charge is 2.57. The van der Waals surface area contributed by atoms with E-state index in [2.05, 4.69) is 21.5 Å². The maximum atomic E-state index is 13.4. The van der Waals surface area contributed by atoms with Crippen LogP contribution in [0.4, 0.5) is 24.7 Å². The van der Waals surface area contributed by atoms with Gasteiger partial charge in [-0.25, -0.2) is 0 Å². The number of aryl methyl sites for hydroxylation is 1. The second-order valence-electron chi connectivity index (χ2n) is 8.48. The Kier molecular flexibility index (Phi) is 4.57. The van der Waals surface area contributed by atoms with Gasteiger partial charge in [0.15, 0.2) is 11.4 Å². The number of aromatic amines is 1. The molecule has 32 heavy (non-hydrogen) atoms. The van der Waals surface area contributed by atoms with Crippen LogP contribution in [0.5, 0.6) is 0 Å². The summed E-state index contributed by atoms with van der Waals surface area (Å²) in [5, 5.41) is 27.4. The molecule has 2 aliphatic carbocycles. The smallest absolute Gasteiger partial charge is 0.376 e. The Morgan fingerprint density at radius 2 is 2.16 bits per heavy atom. The molecule has 2 aliphatic rings. The summed E-state index contributed by atoms with van der Waals surface area (Å²) < 4.78 is 41.8. The molecule has 2 atom stereocenters. The molecule has 5 rings (SSSR count). The van der Waals surface area contributed by atoms with E-state index in [1.807, 2.05) is 0 Å². The second-order valence-corrected chi connectivity index (χ2v) is 8.48. The molecule has 0 saturated heterocycles. The van der Waals surface area contributed by atoms with Crippen molar-refractivity contribution in [2.24, 2.45) is 5.92 Å². The number of rotatable bonds is 5. The Bertz CT molecular complexity index is 1300. The molecule has 1 saturated carbocycles. The van der Waals surface area contributed by atoms with Gasteiger partial charge in [-0.2, -0.15) is 23.5 Å². The fourth-order valence-corrected chi connectivity index (χ4v) is 4.63. The predicted molar refractivity (Wildman–Crippen MR) is 110 cm³/mol. The Balaban J connectivity index is 1.55. The fraction of sp³-hybridized carbons (Fsp3) is 0.409. The Morgan fingerprint density at radius 1 is 1.38 bits per heavy atom. The molecule has 166 valence electrons. The van der Waals surface area contributed by atoms with Crippen LogP contribution in [-0.2, 0) is 12.0 Å². The summed E-state index contributed by atoms with van der Waals surface area (Å²) in [7, 11) is 0. The number of nitriles is 1. The predicted octanol–water partition coefficient (Wildman–Crippen LogP) is 4.03. The molecule has 0 bridgehead atoms. The van der Waals surface area contributed by atoms with E-state index in [4.69, 9.17) is 0 Å². The maximum Gasteiger partial charge on any atom is 0.421 e. The third-order valence-corrected chi connectivity index (χ3v) is 6.45. The molecule has 0 spiro atoms. The molecular formula is C22H20F3N5O2. The minimum Gasteiger partial charge on any atom is -0.376 e. The lowest BCUT2D eigenvalue weighted by Crippen LogP contribution is -2.40. The van der Waals surface area contributed by atoms with Gasteiger partial charge >= 0.3 is 6.18 Å². The SMILES string of the molecule is N#CC[C@@H](C1CC1)n1nc(Nc2ccc3c(c2)CC[C@@]3(O)C(F)(F)F)c2c(=O)[nH]ccc21. The first-order chi connectivity index (χ1) is 15.2. The number of pyridine rings is 1. The van der Waals surface area contributed by atoms with Crippen molar-refractivity contribution in [2.45, 2.75) is 49.9 Å². The topological polar surface area (TPSA) is 107 Å². The normalized spacial score (nSPS) is 21.3.